The normalized spacial score (nSPS) is 32.2. The van der Waals surface area contributed by atoms with Gasteiger partial charge < -0.3 is 5.11 Å². The molecule has 0 spiro atoms. The van der Waals surface area contributed by atoms with Gasteiger partial charge in [0.1, 0.15) is 0 Å². The summed E-state index contributed by atoms with van der Waals surface area (Å²) in [5.41, 5.74) is 0. The Hall–Kier alpha value is -0.670. The Balaban J connectivity index is 2.14. The van der Waals surface area contributed by atoms with Gasteiger partial charge in [0.15, 0.2) is 9.84 Å². The van der Waals surface area contributed by atoms with Gasteiger partial charge in [-0.2, -0.15) is 0 Å². The molecule has 0 aromatic heterocycles. The number of hydrogen-bond donors (Lipinski definition) is 1. The van der Waals surface area contributed by atoms with Gasteiger partial charge in [0.2, 0.25) is 10.0 Å². The van der Waals surface area contributed by atoms with Crippen molar-refractivity contribution in [2.45, 2.75) is 24.5 Å². The Morgan fingerprint density at radius 2 is 1.95 bits per heavy atom. The van der Waals surface area contributed by atoms with Gasteiger partial charge in [-0.15, -0.1) is 0 Å². The monoisotopic (exact) mass is 311 g/mol. The van der Waals surface area contributed by atoms with Crippen molar-refractivity contribution in [1.82, 2.24) is 4.31 Å². The predicted molar refractivity (Wildman–Crippen MR) is 67.9 cm³/mol. The number of carbonyl (C=O) groups is 1. The van der Waals surface area contributed by atoms with Crippen LogP contribution in [0.5, 0.6) is 0 Å². The summed E-state index contributed by atoms with van der Waals surface area (Å²) in [7, 11) is -6.98. The van der Waals surface area contributed by atoms with E-state index in [-0.39, 0.29) is 31.0 Å². The molecule has 2 aliphatic rings. The number of aliphatic carboxylic acids is 1. The minimum atomic E-state index is -3.71. The van der Waals surface area contributed by atoms with Gasteiger partial charge in [0.25, 0.3) is 0 Å². The molecule has 0 radical (unpaired) electrons. The van der Waals surface area contributed by atoms with Gasteiger partial charge in [-0.05, 0) is 19.3 Å². The van der Waals surface area contributed by atoms with Crippen molar-refractivity contribution in [2.75, 3.05) is 24.6 Å². The summed E-state index contributed by atoms with van der Waals surface area (Å²) in [6.07, 6.45) is 1.07. The summed E-state index contributed by atoms with van der Waals surface area (Å²) in [6, 6.07) is 0. The van der Waals surface area contributed by atoms with Gasteiger partial charge >= 0.3 is 5.97 Å². The second-order valence-electron chi connectivity index (χ2n) is 5.11. The van der Waals surface area contributed by atoms with Crippen LogP contribution in [0.1, 0.15) is 19.3 Å². The molecule has 110 valence electrons. The van der Waals surface area contributed by atoms with Crippen LogP contribution in [-0.2, 0) is 24.7 Å². The van der Waals surface area contributed by atoms with E-state index in [1.807, 2.05) is 0 Å². The van der Waals surface area contributed by atoms with Gasteiger partial charge in [-0.1, -0.05) is 0 Å². The molecule has 0 aliphatic carbocycles. The van der Waals surface area contributed by atoms with E-state index in [2.05, 4.69) is 0 Å². The molecule has 2 atom stereocenters. The lowest BCUT2D eigenvalue weighted by molar-refractivity contribution is -0.142. The first-order valence-corrected chi connectivity index (χ1v) is 9.47. The molecule has 1 N–H and O–H groups in total. The Labute approximate surface area is 112 Å². The highest BCUT2D eigenvalue weighted by atomic mass is 32.2. The second-order valence-corrected chi connectivity index (χ2v) is 9.55. The maximum absolute atomic E-state index is 12.3. The van der Waals surface area contributed by atoms with Crippen LogP contribution in [0.4, 0.5) is 0 Å². The SMILES string of the molecule is O=C(O)C1CCCN(S(=O)(=O)C2CCS(=O)(=O)C2)C1. The molecule has 2 saturated heterocycles. The molecule has 19 heavy (non-hydrogen) atoms. The summed E-state index contributed by atoms with van der Waals surface area (Å²) in [5, 5.41) is 8.04. The number of sulfone groups is 1. The van der Waals surface area contributed by atoms with Crippen LogP contribution < -0.4 is 0 Å². The van der Waals surface area contributed by atoms with Crippen molar-refractivity contribution in [3.8, 4) is 0 Å². The first-order chi connectivity index (χ1) is 8.72. The highest BCUT2D eigenvalue weighted by molar-refractivity contribution is 7.95. The van der Waals surface area contributed by atoms with Crippen molar-refractivity contribution >= 4 is 25.8 Å². The molecule has 2 heterocycles. The zero-order valence-electron chi connectivity index (χ0n) is 10.4. The summed E-state index contributed by atoms with van der Waals surface area (Å²) in [6.45, 7) is 0.233. The molecule has 0 aromatic carbocycles. The largest absolute Gasteiger partial charge is 0.481 e. The summed E-state index contributed by atoms with van der Waals surface area (Å²) in [5.74, 6) is -2.14. The van der Waals surface area contributed by atoms with E-state index < -0.39 is 37.0 Å². The molecule has 7 nitrogen and oxygen atoms in total. The van der Waals surface area contributed by atoms with E-state index >= 15 is 0 Å². The number of rotatable bonds is 3. The fourth-order valence-corrected chi connectivity index (χ4v) is 7.19. The van der Waals surface area contributed by atoms with Crippen LogP contribution >= 0.6 is 0 Å². The molecule has 0 saturated carbocycles. The first-order valence-electron chi connectivity index (χ1n) is 6.14. The van der Waals surface area contributed by atoms with Gasteiger partial charge in [-0.3, -0.25) is 4.79 Å². The highest BCUT2D eigenvalue weighted by Gasteiger charge is 2.42. The van der Waals surface area contributed by atoms with Crippen molar-refractivity contribution in [3.63, 3.8) is 0 Å². The minimum absolute atomic E-state index is 0.0474. The fourth-order valence-electron chi connectivity index (χ4n) is 2.58. The van der Waals surface area contributed by atoms with Gasteiger partial charge in [0, 0.05) is 13.1 Å². The van der Waals surface area contributed by atoms with Crippen molar-refractivity contribution in [2.24, 2.45) is 5.92 Å². The molecule has 2 aliphatic heterocycles. The van der Waals surface area contributed by atoms with E-state index in [1.165, 1.54) is 0 Å². The zero-order valence-corrected chi connectivity index (χ0v) is 12.0. The zero-order chi connectivity index (χ0) is 14.3. The van der Waals surface area contributed by atoms with E-state index in [9.17, 15) is 21.6 Å². The van der Waals surface area contributed by atoms with Crippen LogP contribution in [0.3, 0.4) is 0 Å². The first kappa shape index (κ1) is 14.7. The van der Waals surface area contributed by atoms with Crippen molar-refractivity contribution in [3.05, 3.63) is 0 Å². The molecule has 2 rings (SSSR count). The molecule has 2 fully saturated rings. The van der Waals surface area contributed by atoms with E-state index in [0.717, 1.165) is 4.31 Å². The molecule has 9 heteroatoms. The predicted octanol–water partition coefficient (Wildman–Crippen LogP) is -0.700. The molecule has 0 amide bonds. The fraction of sp³-hybridized carbons (Fsp3) is 0.900. The molecule has 0 bridgehead atoms. The molecule has 0 aromatic rings. The molecular formula is C10H17NO6S2. The van der Waals surface area contributed by atoms with Crippen molar-refractivity contribution in [1.29, 1.82) is 0 Å². The average molecular weight is 311 g/mol. The van der Waals surface area contributed by atoms with Crippen LogP contribution in [-0.4, -0.2) is 62.1 Å². The van der Waals surface area contributed by atoms with Gasteiger partial charge in [0.05, 0.1) is 22.7 Å². The molecular weight excluding hydrogens is 294 g/mol. The topological polar surface area (TPSA) is 109 Å². The van der Waals surface area contributed by atoms with Crippen LogP contribution in [0.15, 0.2) is 0 Å². The number of carboxylic acid groups (broad SMARTS) is 1. The quantitative estimate of drug-likeness (QED) is 0.738. The second kappa shape index (κ2) is 5.02. The maximum atomic E-state index is 12.3. The minimum Gasteiger partial charge on any atom is -0.481 e. The van der Waals surface area contributed by atoms with Crippen molar-refractivity contribution < 1.29 is 26.7 Å². The van der Waals surface area contributed by atoms with Crippen LogP contribution in [0, 0.1) is 5.92 Å². The maximum Gasteiger partial charge on any atom is 0.307 e. The number of sulfonamides is 1. The highest BCUT2D eigenvalue weighted by Crippen LogP contribution is 2.26. The van der Waals surface area contributed by atoms with Gasteiger partial charge in [-0.25, -0.2) is 21.1 Å². The number of carboxylic acids is 1. The Morgan fingerprint density at radius 1 is 1.26 bits per heavy atom. The van der Waals surface area contributed by atoms with E-state index in [1.54, 1.807) is 0 Å². The Bertz CT molecular complexity index is 567. The smallest absolute Gasteiger partial charge is 0.307 e. The average Bonchev–Trinajstić information content (AvgIpc) is 2.70. The number of nitrogens with zero attached hydrogens (tertiary/aromatic N) is 1. The third-order valence-electron chi connectivity index (χ3n) is 3.71. The van der Waals surface area contributed by atoms with E-state index in [0.29, 0.717) is 12.8 Å². The Kier molecular flexibility index (Phi) is 3.90. The third kappa shape index (κ3) is 3.09. The van der Waals surface area contributed by atoms with E-state index in [4.69, 9.17) is 5.11 Å². The lowest BCUT2D eigenvalue weighted by Crippen LogP contribution is -2.46. The van der Waals surface area contributed by atoms with Crippen LogP contribution in [0.2, 0.25) is 0 Å². The Morgan fingerprint density at radius 3 is 2.47 bits per heavy atom. The number of piperidine rings is 1. The standard InChI is InChI=1S/C10H17NO6S2/c12-10(13)8-2-1-4-11(6-8)19(16,17)9-3-5-18(14,15)7-9/h8-9H,1-7H2,(H,12,13). The molecule has 2 unspecified atom stereocenters. The summed E-state index contributed by atoms with van der Waals surface area (Å²) in [4.78, 5) is 10.9. The summed E-state index contributed by atoms with van der Waals surface area (Å²) >= 11 is 0. The summed E-state index contributed by atoms with van der Waals surface area (Å²) < 4.78 is 48.5. The third-order valence-corrected chi connectivity index (χ3v) is 7.98. The lowest BCUT2D eigenvalue weighted by Gasteiger charge is -2.31. The van der Waals surface area contributed by atoms with Crippen LogP contribution in [0.25, 0.3) is 0 Å². The lowest BCUT2D eigenvalue weighted by atomic mass is 10.0. The number of hydrogen-bond acceptors (Lipinski definition) is 5.